The number of hydrogen-bond acceptors (Lipinski definition) is 1. The van der Waals surface area contributed by atoms with E-state index in [2.05, 4.69) is 5.32 Å². The fraction of sp³-hybridized carbons (Fsp3) is 1.00. The Labute approximate surface area is 62.2 Å². The molecule has 0 aromatic heterocycles. The van der Waals surface area contributed by atoms with Crippen LogP contribution in [0, 0.1) is 17.8 Å². The molecule has 1 heteroatoms. The van der Waals surface area contributed by atoms with Gasteiger partial charge in [0.25, 0.3) is 0 Å². The van der Waals surface area contributed by atoms with Crippen LogP contribution < -0.4 is 5.32 Å². The van der Waals surface area contributed by atoms with Gasteiger partial charge >= 0.3 is 0 Å². The van der Waals surface area contributed by atoms with Crippen molar-refractivity contribution in [3.63, 3.8) is 0 Å². The van der Waals surface area contributed by atoms with Crippen LogP contribution >= 0.6 is 0 Å². The second-order valence-corrected chi connectivity index (χ2v) is 4.27. The second kappa shape index (κ2) is 1.76. The monoisotopic (exact) mass is 137 g/mol. The minimum Gasteiger partial charge on any atom is -0.313 e. The van der Waals surface area contributed by atoms with Crippen molar-refractivity contribution in [2.24, 2.45) is 17.8 Å². The Hall–Kier alpha value is -0.0400. The Bertz CT molecular complexity index is 129. The lowest BCUT2D eigenvalue weighted by molar-refractivity contribution is 0.181. The third kappa shape index (κ3) is 0.731. The molecule has 0 aromatic carbocycles. The summed E-state index contributed by atoms with van der Waals surface area (Å²) in [5, 5.41) is 3.58. The van der Waals surface area contributed by atoms with E-state index in [0.29, 0.717) is 0 Å². The van der Waals surface area contributed by atoms with E-state index in [9.17, 15) is 0 Å². The molecule has 3 fully saturated rings. The van der Waals surface area contributed by atoms with Crippen LogP contribution in [0.25, 0.3) is 0 Å². The van der Waals surface area contributed by atoms with Crippen LogP contribution in [0.3, 0.4) is 0 Å². The van der Waals surface area contributed by atoms with Gasteiger partial charge in [0.2, 0.25) is 0 Å². The minimum atomic E-state index is 0.965. The van der Waals surface area contributed by atoms with Crippen molar-refractivity contribution in [1.29, 1.82) is 0 Å². The summed E-state index contributed by atoms with van der Waals surface area (Å²) in [5.41, 5.74) is 0. The van der Waals surface area contributed by atoms with Crippen LogP contribution in [0.2, 0.25) is 0 Å². The van der Waals surface area contributed by atoms with Gasteiger partial charge in [-0.25, -0.2) is 0 Å². The largest absolute Gasteiger partial charge is 0.313 e. The highest BCUT2D eigenvalue weighted by Gasteiger charge is 2.47. The molecule has 0 spiro atoms. The molecule has 1 N–H and O–H groups in total. The van der Waals surface area contributed by atoms with E-state index in [1.807, 2.05) is 0 Å². The molecule has 0 radical (unpaired) electrons. The molecule has 2 saturated carbocycles. The van der Waals surface area contributed by atoms with Crippen LogP contribution in [0.15, 0.2) is 0 Å². The first-order valence-electron chi connectivity index (χ1n) is 4.68. The summed E-state index contributed by atoms with van der Waals surface area (Å²) in [6, 6.07) is 0.965. The van der Waals surface area contributed by atoms with E-state index in [-0.39, 0.29) is 0 Å². The van der Waals surface area contributed by atoms with Crippen molar-refractivity contribution in [2.75, 3.05) is 6.54 Å². The molecular formula is C9H15N. The molecular weight excluding hydrogens is 122 g/mol. The fourth-order valence-electron chi connectivity index (χ4n) is 2.35. The smallest absolute Gasteiger partial charge is 0.0138 e. The Kier molecular flexibility index (Phi) is 0.984. The van der Waals surface area contributed by atoms with Crippen molar-refractivity contribution in [3.05, 3.63) is 0 Å². The molecule has 2 aliphatic carbocycles. The SMILES string of the molecule is C1CC1[C@H]1CN[C@@H]1C1CC1. The maximum absolute atomic E-state index is 3.58. The van der Waals surface area contributed by atoms with Gasteiger partial charge in [0, 0.05) is 6.04 Å². The molecule has 1 saturated heterocycles. The highest BCUT2D eigenvalue weighted by atomic mass is 15.0. The lowest BCUT2D eigenvalue weighted by Crippen LogP contribution is -2.55. The summed E-state index contributed by atoms with van der Waals surface area (Å²) in [7, 11) is 0. The van der Waals surface area contributed by atoms with Gasteiger partial charge in [-0.1, -0.05) is 0 Å². The summed E-state index contributed by atoms with van der Waals surface area (Å²) < 4.78 is 0. The first kappa shape index (κ1) is 5.59. The Morgan fingerprint density at radius 3 is 2.00 bits per heavy atom. The van der Waals surface area contributed by atoms with Crippen LogP contribution in [-0.2, 0) is 0 Å². The van der Waals surface area contributed by atoms with Gasteiger partial charge in [0.05, 0.1) is 0 Å². The molecule has 0 aromatic rings. The average molecular weight is 137 g/mol. The van der Waals surface area contributed by atoms with Crippen molar-refractivity contribution in [1.82, 2.24) is 5.32 Å². The van der Waals surface area contributed by atoms with E-state index in [1.54, 1.807) is 0 Å². The van der Waals surface area contributed by atoms with Gasteiger partial charge in [0.1, 0.15) is 0 Å². The third-order valence-electron chi connectivity index (χ3n) is 3.41. The molecule has 0 unspecified atom stereocenters. The number of nitrogens with one attached hydrogen (secondary N) is 1. The Morgan fingerprint density at radius 2 is 1.60 bits per heavy atom. The molecule has 1 aliphatic heterocycles. The highest BCUT2D eigenvalue weighted by molar-refractivity contribution is 5.03. The van der Waals surface area contributed by atoms with E-state index < -0.39 is 0 Å². The van der Waals surface area contributed by atoms with Crippen LogP contribution in [0.1, 0.15) is 25.7 Å². The van der Waals surface area contributed by atoms with Crippen molar-refractivity contribution in [2.45, 2.75) is 31.7 Å². The third-order valence-corrected chi connectivity index (χ3v) is 3.41. The molecule has 3 rings (SSSR count). The summed E-state index contributed by atoms with van der Waals surface area (Å²) in [6.45, 7) is 1.34. The normalized spacial score (nSPS) is 46.8. The van der Waals surface area contributed by atoms with Gasteiger partial charge < -0.3 is 5.32 Å². The maximum atomic E-state index is 3.58. The first-order chi connectivity index (χ1) is 4.95. The molecule has 1 heterocycles. The molecule has 1 nitrogen and oxygen atoms in total. The highest BCUT2D eigenvalue weighted by Crippen LogP contribution is 2.48. The lowest BCUT2D eigenvalue weighted by Gasteiger charge is -2.38. The molecule has 56 valence electrons. The van der Waals surface area contributed by atoms with Gasteiger partial charge in [-0.15, -0.1) is 0 Å². The predicted molar refractivity (Wildman–Crippen MR) is 40.7 cm³/mol. The van der Waals surface area contributed by atoms with Crippen molar-refractivity contribution >= 4 is 0 Å². The van der Waals surface area contributed by atoms with E-state index in [1.165, 1.54) is 32.2 Å². The van der Waals surface area contributed by atoms with Gasteiger partial charge in [-0.05, 0) is 50.0 Å². The summed E-state index contributed by atoms with van der Waals surface area (Å²) in [5.74, 6) is 3.35. The number of rotatable bonds is 2. The predicted octanol–water partition coefficient (Wildman–Crippen LogP) is 1.39. The van der Waals surface area contributed by atoms with E-state index >= 15 is 0 Å². The first-order valence-corrected chi connectivity index (χ1v) is 4.68. The minimum absolute atomic E-state index is 0.965. The maximum Gasteiger partial charge on any atom is 0.0138 e. The zero-order chi connectivity index (χ0) is 6.55. The molecule has 3 aliphatic rings. The zero-order valence-electron chi connectivity index (χ0n) is 6.34. The summed E-state index contributed by atoms with van der Waals surface area (Å²) in [6.07, 6.45) is 6.10. The Morgan fingerprint density at radius 1 is 0.900 bits per heavy atom. The number of hydrogen-bond donors (Lipinski definition) is 1. The van der Waals surface area contributed by atoms with Crippen molar-refractivity contribution < 1.29 is 0 Å². The topological polar surface area (TPSA) is 12.0 Å². The molecule has 10 heavy (non-hydrogen) atoms. The van der Waals surface area contributed by atoms with Crippen LogP contribution in [0.4, 0.5) is 0 Å². The fourth-order valence-corrected chi connectivity index (χ4v) is 2.35. The summed E-state index contributed by atoms with van der Waals surface area (Å²) >= 11 is 0. The van der Waals surface area contributed by atoms with E-state index in [0.717, 1.165) is 23.8 Å². The van der Waals surface area contributed by atoms with Crippen LogP contribution in [0.5, 0.6) is 0 Å². The molecule has 0 bridgehead atoms. The quantitative estimate of drug-likeness (QED) is 0.606. The molecule has 2 atom stereocenters. The standard InChI is InChI=1S/C9H15N/c1-2-6(1)8-5-10-9(8)7-3-4-7/h6-10H,1-5H2/t8-,9-/m1/s1. The van der Waals surface area contributed by atoms with Crippen LogP contribution in [-0.4, -0.2) is 12.6 Å². The van der Waals surface area contributed by atoms with Gasteiger partial charge in [-0.3, -0.25) is 0 Å². The van der Waals surface area contributed by atoms with Gasteiger partial charge in [0.15, 0.2) is 0 Å². The van der Waals surface area contributed by atoms with E-state index in [4.69, 9.17) is 0 Å². The average Bonchev–Trinajstić information content (AvgIpc) is 2.50. The van der Waals surface area contributed by atoms with Gasteiger partial charge in [-0.2, -0.15) is 0 Å². The zero-order valence-corrected chi connectivity index (χ0v) is 6.34. The lowest BCUT2D eigenvalue weighted by atomic mass is 9.84. The van der Waals surface area contributed by atoms with Crippen molar-refractivity contribution in [3.8, 4) is 0 Å². The molecule has 0 amide bonds. The summed E-state index contributed by atoms with van der Waals surface area (Å²) in [4.78, 5) is 0. The second-order valence-electron chi connectivity index (χ2n) is 4.27. The Balaban J connectivity index is 1.64.